The van der Waals surface area contributed by atoms with Crippen molar-refractivity contribution in [2.45, 2.75) is 38.7 Å². The number of amides is 1. The van der Waals surface area contributed by atoms with Gasteiger partial charge >= 0.3 is 6.09 Å². The summed E-state index contributed by atoms with van der Waals surface area (Å²) in [4.78, 5) is 18.9. The van der Waals surface area contributed by atoms with Crippen molar-refractivity contribution in [2.24, 2.45) is 0 Å². The molecule has 2 aliphatic heterocycles. The number of hydrogen-bond acceptors (Lipinski definition) is 5. The van der Waals surface area contributed by atoms with E-state index in [-0.39, 0.29) is 12.0 Å². The van der Waals surface area contributed by atoms with Crippen LogP contribution in [0.1, 0.15) is 43.7 Å². The summed E-state index contributed by atoms with van der Waals surface area (Å²) < 4.78 is 5.49. The van der Waals surface area contributed by atoms with Gasteiger partial charge in [0.2, 0.25) is 0 Å². The quantitative estimate of drug-likeness (QED) is 0.795. The minimum atomic E-state index is -0.462. The van der Waals surface area contributed by atoms with Crippen LogP contribution >= 0.6 is 11.3 Å². The number of ether oxygens (including phenoxy) is 1. The Bertz CT molecular complexity index is 897. The van der Waals surface area contributed by atoms with Crippen LogP contribution in [-0.4, -0.2) is 41.2 Å². The number of anilines is 1. The summed E-state index contributed by atoms with van der Waals surface area (Å²) >= 11 is 1.67. The monoisotopic (exact) mass is 383 g/mol. The predicted molar refractivity (Wildman–Crippen MR) is 110 cm³/mol. The Morgan fingerprint density at radius 2 is 2.22 bits per heavy atom. The number of aromatic nitrogens is 1. The number of carbonyl (C=O) groups excluding carboxylic acids is 1. The highest BCUT2D eigenvalue weighted by Crippen LogP contribution is 2.36. The van der Waals surface area contributed by atoms with E-state index >= 15 is 0 Å². The van der Waals surface area contributed by atoms with Gasteiger partial charge in [0.1, 0.15) is 5.60 Å². The summed E-state index contributed by atoms with van der Waals surface area (Å²) in [7, 11) is 0. The van der Waals surface area contributed by atoms with Crippen molar-refractivity contribution in [3.63, 3.8) is 0 Å². The Hall–Kier alpha value is -2.34. The third-order valence-electron chi connectivity index (χ3n) is 4.90. The average molecular weight is 384 g/mol. The van der Waals surface area contributed by atoms with E-state index in [0.717, 1.165) is 47.0 Å². The molecule has 0 radical (unpaired) electrons. The molecule has 2 aromatic rings. The maximum atomic E-state index is 12.3. The third kappa shape index (κ3) is 3.72. The van der Waals surface area contributed by atoms with E-state index in [1.54, 1.807) is 16.2 Å². The summed E-state index contributed by atoms with van der Waals surface area (Å²) in [6.07, 6.45) is 0.698. The van der Waals surface area contributed by atoms with Crippen LogP contribution in [0, 0.1) is 0 Å². The van der Waals surface area contributed by atoms with Crippen molar-refractivity contribution in [1.29, 1.82) is 0 Å². The van der Waals surface area contributed by atoms with Crippen molar-refractivity contribution in [2.75, 3.05) is 25.0 Å². The highest BCUT2D eigenvalue weighted by atomic mass is 32.1. The molecule has 1 unspecified atom stereocenters. The minimum absolute atomic E-state index is 0.230. The van der Waals surface area contributed by atoms with E-state index in [1.165, 1.54) is 5.56 Å². The van der Waals surface area contributed by atoms with E-state index in [2.05, 4.69) is 35.5 Å². The molecule has 0 aliphatic carbocycles. The molecule has 142 valence electrons. The van der Waals surface area contributed by atoms with Crippen molar-refractivity contribution >= 4 is 28.7 Å². The average Bonchev–Trinajstić information content (AvgIpc) is 3.32. The summed E-state index contributed by atoms with van der Waals surface area (Å²) in [5.41, 5.74) is 5.08. The summed E-state index contributed by atoms with van der Waals surface area (Å²) in [6.45, 7) is 12.0. The second kappa shape index (κ2) is 6.68. The summed E-state index contributed by atoms with van der Waals surface area (Å²) in [5.74, 6) is 0.280. The molecular weight excluding hydrogens is 358 g/mol. The number of thiazole rings is 1. The van der Waals surface area contributed by atoms with Crippen LogP contribution < -0.4 is 5.32 Å². The van der Waals surface area contributed by atoms with Crippen LogP contribution in [0.5, 0.6) is 0 Å². The zero-order chi connectivity index (χ0) is 19.2. The normalized spacial score (nSPS) is 19.1. The van der Waals surface area contributed by atoms with E-state index in [0.29, 0.717) is 6.54 Å². The fourth-order valence-corrected chi connectivity index (χ4v) is 4.47. The number of nitrogens with zero attached hydrogens (tertiary/aromatic N) is 2. The van der Waals surface area contributed by atoms with Crippen molar-refractivity contribution in [3.8, 4) is 11.3 Å². The number of rotatable bonds is 2. The van der Waals surface area contributed by atoms with Gasteiger partial charge in [-0.1, -0.05) is 12.6 Å². The fraction of sp³-hybridized carbons (Fsp3) is 0.429. The highest BCUT2D eigenvalue weighted by Gasteiger charge is 2.32. The number of nitrogens with one attached hydrogen (secondary N) is 1. The van der Waals surface area contributed by atoms with Gasteiger partial charge in [0.15, 0.2) is 0 Å². The first-order chi connectivity index (χ1) is 12.8. The van der Waals surface area contributed by atoms with Crippen LogP contribution in [0.25, 0.3) is 16.8 Å². The molecule has 0 saturated carbocycles. The molecule has 1 aromatic carbocycles. The summed E-state index contributed by atoms with van der Waals surface area (Å²) in [6, 6.07) is 6.37. The lowest BCUT2D eigenvalue weighted by atomic mass is 10.0. The van der Waals surface area contributed by atoms with Gasteiger partial charge < -0.3 is 15.0 Å². The Labute approximate surface area is 164 Å². The molecule has 0 bridgehead atoms. The van der Waals surface area contributed by atoms with Crippen LogP contribution in [0.15, 0.2) is 30.2 Å². The first kappa shape index (κ1) is 18.0. The number of hydrogen-bond donors (Lipinski definition) is 1. The molecule has 0 spiro atoms. The number of fused-ring (bicyclic) bond motifs is 1. The maximum Gasteiger partial charge on any atom is 0.410 e. The van der Waals surface area contributed by atoms with Crippen LogP contribution in [0.2, 0.25) is 0 Å². The highest BCUT2D eigenvalue weighted by molar-refractivity contribution is 7.10. The van der Waals surface area contributed by atoms with Gasteiger partial charge in [-0.05, 0) is 44.9 Å². The molecule has 4 rings (SSSR count). The zero-order valence-electron chi connectivity index (χ0n) is 16.0. The molecule has 3 heterocycles. The molecule has 1 fully saturated rings. The smallest absolute Gasteiger partial charge is 0.410 e. The lowest BCUT2D eigenvalue weighted by molar-refractivity contribution is 0.0292. The van der Waals surface area contributed by atoms with Crippen LogP contribution in [-0.2, 0) is 4.74 Å². The maximum absolute atomic E-state index is 12.3. The molecule has 1 atom stereocenters. The molecule has 5 nitrogen and oxygen atoms in total. The molecule has 27 heavy (non-hydrogen) atoms. The van der Waals surface area contributed by atoms with Crippen LogP contribution in [0.3, 0.4) is 0 Å². The van der Waals surface area contributed by atoms with Gasteiger partial charge in [-0.15, -0.1) is 11.3 Å². The van der Waals surface area contributed by atoms with Gasteiger partial charge in [-0.2, -0.15) is 0 Å². The predicted octanol–water partition coefficient (Wildman–Crippen LogP) is 4.97. The van der Waals surface area contributed by atoms with Gasteiger partial charge in [-0.3, -0.25) is 0 Å². The van der Waals surface area contributed by atoms with Crippen LogP contribution in [0.4, 0.5) is 10.5 Å². The lowest BCUT2D eigenvalue weighted by Crippen LogP contribution is -2.35. The number of likely N-dealkylation sites (tertiary alicyclic amines) is 1. The lowest BCUT2D eigenvalue weighted by Gasteiger charge is -2.24. The van der Waals surface area contributed by atoms with E-state index in [9.17, 15) is 4.79 Å². The minimum Gasteiger partial charge on any atom is -0.444 e. The largest absolute Gasteiger partial charge is 0.444 e. The second-order valence-electron chi connectivity index (χ2n) is 8.20. The Morgan fingerprint density at radius 3 is 3.00 bits per heavy atom. The van der Waals surface area contributed by atoms with E-state index in [4.69, 9.17) is 9.72 Å². The molecule has 1 saturated heterocycles. The van der Waals surface area contributed by atoms with Gasteiger partial charge in [0.25, 0.3) is 0 Å². The standard InChI is InChI=1S/C21H25N3O2S/c1-13-10-22-17-6-5-14(9-16(13)17)18-12-27-19(23-18)15-7-8-24(11-15)20(25)26-21(2,3)4/h5-6,9,12,15,22H,1,7-8,10-11H2,2-4H3. The van der Waals surface area contributed by atoms with E-state index in [1.807, 2.05) is 20.8 Å². The molecule has 1 N–H and O–H groups in total. The van der Waals surface area contributed by atoms with Gasteiger partial charge in [0, 0.05) is 47.7 Å². The topological polar surface area (TPSA) is 54.5 Å². The van der Waals surface area contributed by atoms with E-state index < -0.39 is 5.60 Å². The number of carbonyl (C=O) groups is 1. The zero-order valence-corrected chi connectivity index (χ0v) is 16.9. The SMILES string of the molecule is C=C1CNc2ccc(-c3csc(C4CCN(C(=O)OC(C)(C)C)C4)n3)cc21. The molecule has 1 aromatic heterocycles. The van der Waals surface area contributed by atoms with Gasteiger partial charge in [0.05, 0.1) is 10.7 Å². The first-order valence-electron chi connectivity index (χ1n) is 9.30. The third-order valence-corrected chi connectivity index (χ3v) is 5.91. The summed E-state index contributed by atoms with van der Waals surface area (Å²) in [5, 5.41) is 6.54. The van der Waals surface area contributed by atoms with Crippen molar-refractivity contribution in [1.82, 2.24) is 9.88 Å². The van der Waals surface area contributed by atoms with Crippen molar-refractivity contribution < 1.29 is 9.53 Å². The van der Waals surface area contributed by atoms with Gasteiger partial charge in [-0.25, -0.2) is 9.78 Å². The molecule has 6 heteroatoms. The Balaban J connectivity index is 1.47. The Kier molecular flexibility index (Phi) is 4.46. The Morgan fingerprint density at radius 1 is 1.41 bits per heavy atom. The fourth-order valence-electron chi connectivity index (χ4n) is 3.51. The van der Waals surface area contributed by atoms with Crippen molar-refractivity contribution in [3.05, 3.63) is 40.7 Å². The number of benzene rings is 1. The first-order valence-corrected chi connectivity index (χ1v) is 10.2. The molecular formula is C21H25N3O2S. The second-order valence-corrected chi connectivity index (χ2v) is 9.09. The molecule has 2 aliphatic rings. The molecule has 1 amide bonds.